The van der Waals surface area contributed by atoms with Gasteiger partial charge in [-0.05, 0) is 30.7 Å². The SMILES string of the molecule is Cc1ccnc(N)c1C(=O)c1ccco1. The number of nitrogens with zero attached hydrogens (tertiary/aromatic N) is 1. The lowest BCUT2D eigenvalue weighted by Gasteiger charge is -2.04. The molecule has 0 saturated carbocycles. The Kier molecular flexibility index (Phi) is 2.25. The molecule has 0 amide bonds. The van der Waals surface area contributed by atoms with Gasteiger partial charge in [0.05, 0.1) is 11.8 Å². The molecule has 2 heterocycles. The van der Waals surface area contributed by atoms with Gasteiger partial charge in [0.2, 0.25) is 5.78 Å². The third kappa shape index (κ3) is 1.61. The van der Waals surface area contributed by atoms with Gasteiger partial charge in [-0.3, -0.25) is 4.79 Å². The number of nitrogen functional groups attached to an aromatic ring is 1. The van der Waals surface area contributed by atoms with Crippen LogP contribution in [0.4, 0.5) is 5.82 Å². The highest BCUT2D eigenvalue weighted by Crippen LogP contribution is 2.18. The maximum Gasteiger partial charge on any atom is 0.232 e. The molecular formula is C11H10N2O2. The number of nitrogens with two attached hydrogens (primary N) is 1. The second-order valence-electron chi connectivity index (χ2n) is 3.19. The van der Waals surface area contributed by atoms with E-state index in [4.69, 9.17) is 10.2 Å². The van der Waals surface area contributed by atoms with Gasteiger partial charge >= 0.3 is 0 Å². The molecular weight excluding hydrogens is 192 g/mol. The van der Waals surface area contributed by atoms with Crippen molar-refractivity contribution in [3.05, 3.63) is 47.5 Å². The summed E-state index contributed by atoms with van der Waals surface area (Å²) in [5, 5.41) is 0. The molecule has 4 nitrogen and oxygen atoms in total. The highest BCUT2D eigenvalue weighted by molar-refractivity contribution is 6.10. The summed E-state index contributed by atoms with van der Waals surface area (Å²) >= 11 is 0. The number of aryl methyl sites for hydroxylation is 1. The van der Waals surface area contributed by atoms with Gasteiger partial charge in [0, 0.05) is 6.20 Å². The van der Waals surface area contributed by atoms with Crippen molar-refractivity contribution in [1.29, 1.82) is 0 Å². The summed E-state index contributed by atoms with van der Waals surface area (Å²) in [5.41, 5.74) is 6.86. The Balaban J connectivity index is 2.51. The van der Waals surface area contributed by atoms with Crippen LogP contribution in [0.25, 0.3) is 0 Å². The van der Waals surface area contributed by atoms with Crippen molar-refractivity contribution in [3.8, 4) is 0 Å². The van der Waals surface area contributed by atoms with Gasteiger partial charge in [-0.15, -0.1) is 0 Å². The molecule has 2 aromatic heterocycles. The third-order valence-electron chi connectivity index (χ3n) is 2.16. The fraction of sp³-hybridized carbons (Fsp3) is 0.0909. The molecule has 0 aliphatic rings. The molecule has 76 valence electrons. The van der Waals surface area contributed by atoms with Crippen molar-refractivity contribution in [1.82, 2.24) is 4.98 Å². The summed E-state index contributed by atoms with van der Waals surface area (Å²) < 4.78 is 5.03. The van der Waals surface area contributed by atoms with Crippen LogP contribution in [0.1, 0.15) is 21.7 Å². The number of carbonyl (C=O) groups is 1. The van der Waals surface area contributed by atoms with E-state index in [2.05, 4.69) is 4.98 Å². The minimum atomic E-state index is -0.233. The third-order valence-corrected chi connectivity index (χ3v) is 2.16. The van der Waals surface area contributed by atoms with E-state index in [1.54, 1.807) is 24.4 Å². The normalized spacial score (nSPS) is 10.2. The van der Waals surface area contributed by atoms with E-state index in [9.17, 15) is 4.79 Å². The summed E-state index contributed by atoms with van der Waals surface area (Å²) in [6.45, 7) is 1.81. The zero-order valence-electron chi connectivity index (χ0n) is 8.23. The molecule has 2 aromatic rings. The maximum absolute atomic E-state index is 11.9. The molecule has 2 N–H and O–H groups in total. The lowest BCUT2D eigenvalue weighted by molar-refractivity contribution is 0.101. The van der Waals surface area contributed by atoms with Crippen LogP contribution in [0.5, 0.6) is 0 Å². The second kappa shape index (κ2) is 3.57. The molecule has 0 radical (unpaired) electrons. The van der Waals surface area contributed by atoms with Crippen molar-refractivity contribution in [3.63, 3.8) is 0 Å². The van der Waals surface area contributed by atoms with Gasteiger partial charge < -0.3 is 10.2 Å². The summed E-state index contributed by atoms with van der Waals surface area (Å²) in [6.07, 6.45) is 3.03. The number of aromatic nitrogens is 1. The van der Waals surface area contributed by atoms with Crippen molar-refractivity contribution in [2.45, 2.75) is 6.92 Å². The molecule has 0 atom stereocenters. The molecule has 0 saturated heterocycles. The molecule has 0 unspecified atom stereocenters. The molecule has 4 heteroatoms. The zero-order chi connectivity index (χ0) is 10.8. The molecule has 0 aromatic carbocycles. The Bertz CT molecular complexity index is 469. The fourth-order valence-electron chi connectivity index (χ4n) is 1.41. The highest BCUT2D eigenvalue weighted by Gasteiger charge is 2.17. The standard InChI is InChI=1S/C11H10N2O2/c1-7-4-5-13-11(12)9(7)10(14)8-3-2-6-15-8/h2-6H,1H3,(H2,12,13). The van der Waals surface area contributed by atoms with Gasteiger partial charge in [-0.1, -0.05) is 0 Å². The van der Waals surface area contributed by atoms with Crippen LogP contribution in [0.3, 0.4) is 0 Å². The number of rotatable bonds is 2. The van der Waals surface area contributed by atoms with Crippen molar-refractivity contribution >= 4 is 11.6 Å². The van der Waals surface area contributed by atoms with Crippen LogP contribution in [0, 0.1) is 6.92 Å². The zero-order valence-corrected chi connectivity index (χ0v) is 8.23. The molecule has 0 bridgehead atoms. The number of furan rings is 1. The molecule has 0 aliphatic carbocycles. The minimum absolute atomic E-state index is 0.233. The van der Waals surface area contributed by atoms with Gasteiger partial charge in [0.1, 0.15) is 5.82 Å². The number of hydrogen-bond acceptors (Lipinski definition) is 4. The van der Waals surface area contributed by atoms with Crippen molar-refractivity contribution < 1.29 is 9.21 Å². The topological polar surface area (TPSA) is 69.1 Å². The van der Waals surface area contributed by atoms with Gasteiger partial charge in [0.25, 0.3) is 0 Å². The molecule has 0 aliphatic heterocycles. The minimum Gasteiger partial charge on any atom is -0.461 e. The van der Waals surface area contributed by atoms with E-state index in [0.717, 1.165) is 5.56 Å². The first-order valence-electron chi connectivity index (χ1n) is 4.49. The van der Waals surface area contributed by atoms with Crippen LogP contribution < -0.4 is 5.73 Å². The number of anilines is 1. The van der Waals surface area contributed by atoms with E-state index in [1.807, 2.05) is 6.92 Å². The quantitative estimate of drug-likeness (QED) is 0.754. The Morgan fingerprint density at radius 2 is 2.27 bits per heavy atom. The van der Waals surface area contributed by atoms with E-state index >= 15 is 0 Å². The predicted octanol–water partition coefficient (Wildman–Crippen LogP) is 1.80. The number of pyridine rings is 1. The van der Waals surface area contributed by atoms with Crippen LogP contribution >= 0.6 is 0 Å². The summed E-state index contributed by atoms with van der Waals surface area (Å²) in [7, 11) is 0. The lowest BCUT2D eigenvalue weighted by Crippen LogP contribution is -2.08. The van der Waals surface area contributed by atoms with Crippen LogP contribution in [0.15, 0.2) is 35.1 Å². The number of carbonyl (C=O) groups excluding carboxylic acids is 1. The van der Waals surface area contributed by atoms with E-state index < -0.39 is 0 Å². The van der Waals surface area contributed by atoms with E-state index in [-0.39, 0.29) is 17.4 Å². The molecule has 0 spiro atoms. The monoisotopic (exact) mass is 202 g/mol. The Morgan fingerprint density at radius 1 is 1.47 bits per heavy atom. The average Bonchev–Trinajstić information content (AvgIpc) is 2.69. The van der Waals surface area contributed by atoms with Gasteiger partial charge in [-0.25, -0.2) is 4.98 Å². The average molecular weight is 202 g/mol. The van der Waals surface area contributed by atoms with Gasteiger partial charge in [-0.2, -0.15) is 0 Å². The Labute approximate surface area is 86.7 Å². The Hall–Kier alpha value is -2.10. The van der Waals surface area contributed by atoms with Crippen LogP contribution in [-0.2, 0) is 0 Å². The highest BCUT2D eigenvalue weighted by atomic mass is 16.3. The molecule has 15 heavy (non-hydrogen) atoms. The smallest absolute Gasteiger partial charge is 0.232 e. The lowest BCUT2D eigenvalue weighted by atomic mass is 10.0. The number of hydrogen-bond donors (Lipinski definition) is 1. The Morgan fingerprint density at radius 3 is 2.87 bits per heavy atom. The first-order chi connectivity index (χ1) is 7.20. The van der Waals surface area contributed by atoms with Crippen LogP contribution in [0.2, 0.25) is 0 Å². The van der Waals surface area contributed by atoms with Crippen LogP contribution in [-0.4, -0.2) is 10.8 Å². The van der Waals surface area contributed by atoms with Crippen molar-refractivity contribution in [2.75, 3.05) is 5.73 Å². The summed E-state index contributed by atoms with van der Waals surface area (Å²) in [5.74, 6) is 0.275. The summed E-state index contributed by atoms with van der Waals surface area (Å²) in [4.78, 5) is 15.8. The second-order valence-corrected chi connectivity index (χ2v) is 3.19. The van der Waals surface area contributed by atoms with E-state index in [1.165, 1.54) is 6.26 Å². The van der Waals surface area contributed by atoms with E-state index in [0.29, 0.717) is 5.56 Å². The first kappa shape index (κ1) is 9.45. The van der Waals surface area contributed by atoms with Crippen molar-refractivity contribution in [2.24, 2.45) is 0 Å². The maximum atomic E-state index is 11.9. The fourth-order valence-corrected chi connectivity index (χ4v) is 1.41. The predicted molar refractivity (Wildman–Crippen MR) is 55.5 cm³/mol. The largest absolute Gasteiger partial charge is 0.461 e. The number of ketones is 1. The summed E-state index contributed by atoms with van der Waals surface area (Å²) in [6, 6.07) is 5.01. The van der Waals surface area contributed by atoms with Gasteiger partial charge in [0.15, 0.2) is 5.76 Å². The first-order valence-corrected chi connectivity index (χ1v) is 4.49. The molecule has 0 fully saturated rings. The molecule has 2 rings (SSSR count).